The zero-order valence-electron chi connectivity index (χ0n) is 11.9. The highest BCUT2D eigenvalue weighted by Crippen LogP contribution is 2.23. The van der Waals surface area contributed by atoms with Gasteiger partial charge in [0, 0.05) is 12.1 Å². The predicted octanol–water partition coefficient (Wildman–Crippen LogP) is 3.94. The Morgan fingerprint density at radius 1 is 1.05 bits per heavy atom. The first-order chi connectivity index (χ1) is 10.1. The van der Waals surface area contributed by atoms with Crippen molar-refractivity contribution in [3.8, 4) is 0 Å². The lowest BCUT2D eigenvalue weighted by atomic mass is 10.2. The molecule has 0 aliphatic heterocycles. The highest BCUT2D eigenvalue weighted by Gasteiger charge is 2.12. The maximum Gasteiger partial charge on any atom is 0.269 e. The number of hydrogen-bond donors (Lipinski definition) is 0. The van der Waals surface area contributed by atoms with E-state index in [1.807, 2.05) is 49.3 Å². The van der Waals surface area contributed by atoms with Crippen LogP contribution in [-0.2, 0) is 0 Å². The normalized spacial score (nSPS) is 12.7. The van der Waals surface area contributed by atoms with Crippen LogP contribution in [0, 0.1) is 10.1 Å². The molecule has 0 unspecified atom stereocenters. The van der Waals surface area contributed by atoms with Crippen molar-refractivity contribution in [2.24, 2.45) is 10.2 Å². The number of benzene rings is 2. The molecule has 0 radical (unpaired) electrons. The van der Waals surface area contributed by atoms with E-state index in [0.29, 0.717) is 5.69 Å². The van der Waals surface area contributed by atoms with E-state index < -0.39 is 4.92 Å². The molecule has 0 aliphatic carbocycles. The maximum atomic E-state index is 10.6. The topological polar surface area (TPSA) is 71.1 Å². The highest BCUT2D eigenvalue weighted by atomic mass is 16.6. The fraction of sp³-hybridized carbons (Fsp3) is 0.200. The van der Waals surface area contributed by atoms with E-state index in [9.17, 15) is 10.1 Å². The van der Waals surface area contributed by atoms with Crippen LogP contribution in [-0.4, -0.2) is 23.9 Å². The van der Waals surface area contributed by atoms with Gasteiger partial charge in [-0.3, -0.25) is 15.0 Å². The van der Waals surface area contributed by atoms with Gasteiger partial charge in [-0.2, -0.15) is 10.2 Å². The van der Waals surface area contributed by atoms with Gasteiger partial charge in [-0.25, -0.2) is 0 Å². The summed E-state index contributed by atoms with van der Waals surface area (Å²) in [6, 6.07) is 15.8. The van der Waals surface area contributed by atoms with E-state index in [1.165, 1.54) is 12.1 Å². The molecule has 108 valence electrons. The Morgan fingerprint density at radius 2 is 1.67 bits per heavy atom. The molecule has 2 aromatic carbocycles. The van der Waals surface area contributed by atoms with Gasteiger partial charge in [0.25, 0.3) is 5.69 Å². The van der Waals surface area contributed by atoms with Gasteiger partial charge >= 0.3 is 0 Å². The van der Waals surface area contributed by atoms with E-state index >= 15 is 0 Å². The molecule has 0 aliphatic rings. The second-order valence-corrected chi connectivity index (χ2v) is 4.74. The van der Waals surface area contributed by atoms with Crippen LogP contribution in [0.3, 0.4) is 0 Å². The molecule has 0 aromatic heterocycles. The summed E-state index contributed by atoms with van der Waals surface area (Å²) in [6.07, 6.45) is -0.193. The second kappa shape index (κ2) is 6.71. The van der Waals surface area contributed by atoms with Gasteiger partial charge in [-0.1, -0.05) is 30.3 Å². The number of hydrogen-bond acceptors (Lipinski definition) is 5. The van der Waals surface area contributed by atoms with Crippen LogP contribution in [0.1, 0.15) is 11.7 Å². The Balaban J connectivity index is 2.19. The summed E-state index contributed by atoms with van der Waals surface area (Å²) in [7, 11) is 3.85. The molecule has 0 N–H and O–H groups in total. The molecular weight excluding hydrogens is 268 g/mol. The Bertz CT molecular complexity index is 624. The lowest BCUT2D eigenvalue weighted by molar-refractivity contribution is -0.384. The molecule has 1 atom stereocenters. The number of nitrogens with zero attached hydrogens (tertiary/aromatic N) is 4. The number of azo groups is 1. The Labute approximate surface area is 122 Å². The Kier molecular flexibility index (Phi) is 4.73. The van der Waals surface area contributed by atoms with Gasteiger partial charge < -0.3 is 0 Å². The van der Waals surface area contributed by atoms with Crippen molar-refractivity contribution >= 4 is 11.4 Å². The van der Waals surface area contributed by atoms with Gasteiger partial charge in [0.15, 0.2) is 0 Å². The summed E-state index contributed by atoms with van der Waals surface area (Å²) in [5, 5.41) is 19.1. The first-order valence-corrected chi connectivity index (χ1v) is 6.44. The van der Waals surface area contributed by atoms with E-state index in [-0.39, 0.29) is 11.9 Å². The molecule has 21 heavy (non-hydrogen) atoms. The number of nitro groups is 1. The largest absolute Gasteiger partial charge is 0.283 e. The van der Waals surface area contributed by atoms with Crippen LogP contribution in [0.25, 0.3) is 0 Å². The van der Waals surface area contributed by atoms with Gasteiger partial charge in [-0.15, -0.1) is 0 Å². The number of rotatable bonds is 5. The molecule has 0 heterocycles. The lowest BCUT2D eigenvalue weighted by Gasteiger charge is -2.19. The van der Waals surface area contributed by atoms with Crippen molar-refractivity contribution < 1.29 is 4.92 Å². The molecule has 6 nitrogen and oxygen atoms in total. The summed E-state index contributed by atoms with van der Waals surface area (Å²) in [5.41, 5.74) is 1.66. The average molecular weight is 284 g/mol. The minimum absolute atomic E-state index is 0.0427. The van der Waals surface area contributed by atoms with Crippen LogP contribution < -0.4 is 0 Å². The third-order valence-electron chi connectivity index (χ3n) is 2.93. The van der Waals surface area contributed by atoms with Crippen LogP contribution in [0.5, 0.6) is 0 Å². The van der Waals surface area contributed by atoms with Crippen LogP contribution in [0.4, 0.5) is 11.4 Å². The minimum Gasteiger partial charge on any atom is -0.283 e. The fourth-order valence-electron chi connectivity index (χ4n) is 1.86. The highest BCUT2D eigenvalue weighted by molar-refractivity contribution is 5.43. The van der Waals surface area contributed by atoms with Gasteiger partial charge in [0.05, 0.1) is 10.6 Å². The predicted molar refractivity (Wildman–Crippen MR) is 80.5 cm³/mol. The summed E-state index contributed by atoms with van der Waals surface area (Å²) in [5.74, 6) is 0. The molecule has 0 amide bonds. The Hall–Kier alpha value is -2.60. The van der Waals surface area contributed by atoms with E-state index in [2.05, 4.69) is 10.2 Å². The molecular formula is C15H16N4O2. The average Bonchev–Trinajstić information content (AvgIpc) is 2.48. The molecule has 0 spiro atoms. The molecule has 2 rings (SSSR count). The van der Waals surface area contributed by atoms with Gasteiger partial charge in [0.1, 0.15) is 6.17 Å². The summed E-state index contributed by atoms with van der Waals surface area (Å²) in [6.45, 7) is 0. The second-order valence-electron chi connectivity index (χ2n) is 4.74. The quantitative estimate of drug-likeness (QED) is 0.474. The monoisotopic (exact) mass is 284 g/mol. The van der Waals surface area contributed by atoms with E-state index in [4.69, 9.17) is 0 Å². The molecule has 6 heteroatoms. The Morgan fingerprint density at radius 3 is 2.19 bits per heavy atom. The fourth-order valence-corrected chi connectivity index (χ4v) is 1.86. The molecule has 0 bridgehead atoms. The van der Waals surface area contributed by atoms with E-state index in [0.717, 1.165) is 5.56 Å². The summed E-state index contributed by atoms with van der Waals surface area (Å²) in [4.78, 5) is 12.1. The van der Waals surface area contributed by atoms with Gasteiger partial charge in [-0.05, 0) is 31.8 Å². The number of non-ortho nitro benzene ring substituents is 1. The van der Waals surface area contributed by atoms with Crippen molar-refractivity contribution in [2.45, 2.75) is 6.17 Å². The number of nitro benzene ring substituents is 1. The smallest absolute Gasteiger partial charge is 0.269 e. The van der Waals surface area contributed by atoms with Crippen molar-refractivity contribution in [3.05, 3.63) is 70.3 Å². The summed E-state index contributed by atoms with van der Waals surface area (Å²) >= 11 is 0. The van der Waals surface area contributed by atoms with Crippen LogP contribution in [0.2, 0.25) is 0 Å². The molecule has 0 saturated heterocycles. The van der Waals surface area contributed by atoms with Crippen molar-refractivity contribution in [2.75, 3.05) is 14.1 Å². The molecule has 2 aromatic rings. The zero-order chi connectivity index (χ0) is 15.2. The van der Waals surface area contributed by atoms with Crippen molar-refractivity contribution in [3.63, 3.8) is 0 Å². The lowest BCUT2D eigenvalue weighted by Crippen LogP contribution is -2.17. The third kappa shape index (κ3) is 3.93. The van der Waals surface area contributed by atoms with Crippen LogP contribution in [0.15, 0.2) is 64.8 Å². The molecule has 0 fully saturated rings. The minimum atomic E-state index is -0.437. The first kappa shape index (κ1) is 14.8. The van der Waals surface area contributed by atoms with E-state index in [1.54, 1.807) is 12.1 Å². The summed E-state index contributed by atoms with van der Waals surface area (Å²) < 4.78 is 0. The van der Waals surface area contributed by atoms with Crippen LogP contribution >= 0.6 is 0 Å². The first-order valence-electron chi connectivity index (χ1n) is 6.44. The standard InChI is InChI=1S/C15H16N4O2/c1-18(2)15(12-6-4-3-5-7-12)17-16-13-8-10-14(11-9-13)19(20)21/h3-11,15H,1-2H3/t15-/m0/s1. The molecule has 0 saturated carbocycles. The van der Waals surface area contributed by atoms with Gasteiger partial charge in [0.2, 0.25) is 0 Å². The SMILES string of the molecule is CN(C)[C@H](N=Nc1ccc([N+](=O)[O-])cc1)c1ccccc1. The third-order valence-corrected chi connectivity index (χ3v) is 2.93. The van der Waals surface area contributed by atoms with Crippen molar-refractivity contribution in [1.82, 2.24) is 4.90 Å². The van der Waals surface area contributed by atoms with Crippen molar-refractivity contribution in [1.29, 1.82) is 0 Å². The zero-order valence-corrected chi connectivity index (χ0v) is 11.9. The maximum absolute atomic E-state index is 10.6.